The number of carbonyl (C=O) groups is 1. The molecular formula is C12H15N3O3S. The van der Waals surface area contributed by atoms with Gasteiger partial charge in [-0.05, 0) is 20.8 Å². The van der Waals surface area contributed by atoms with Gasteiger partial charge in [-0.2, -0.15) is 0 Å². The van der Waals surface area contributed by atoms with Crippen LogP contribution in [0.5, 0.6) is 0 Å². The summed E-state index contributed by atoms with van der Waals surface area (Å²) >= 11 is 1.36. The fraction of sp³-hybridized carbons (Fsp3) is 0.417. The van der Waals surface area contributed by atoms with Crippen LogP contribution in [0.15, 0.2) is 10.0 Å². The summed E-state index contributed by atoms with van der Waals surface area (Å²) in [6.07, 6.45) is 0. The minimum absolute atomic E-state index is 0.318. The maximum Gasteiger partial charge on any atom is 0.360 e. The number of hydrogen-bond donors (Lipinski definition) is 1. The molecule has 0 radical (unpaired) electrons. The summed E-state index contributed by atoms with van der Waals surface area (Å²) in [5.74, 6) is 0.359. The molecule has 7 heteroatoms. The van der Waals surface area contributed by atoms with Crippen molar-refractivity contribution in [3.8, 4) is 0 Å². The molecule has 2 rings (SSSR count). The van der Waals surface area contributed by atoms with E-state index >= 15 is 0 Å². The summed E-state index contributed by atoms with van der Waals surface area (Å²) in [5, 5.41) is 7.75. The second-order valence-corrected chi connectivity index (χ2v) is 4.76. The van der Waals surface area contributed by atoms with E-state index in [1.807, 2.05) is 13.8 Å². The molecule has 102 valence electrons. The van der Waals surface area contributed by atoms with E-state index in [-0.39, 0.29) is 0 Å². The van der Waals surface area contributed by atoms with Gasteiger partial charge in [0, 0.05) is 12.1 Å². The first-order chi connectivity index (χ1) is 9.13. The quantitative estimate of drug-likeness (QED) is 0.849. The summed E-state index contributed by atoms with van der Waals surface area (Å²) in [5.41, 5.74) is 3.76. The molecular weight excluding hydrogens is 266 g/mol. The highest BCUT2D eigenvalue weighted by atomic mass is 32.1. The zero-order valence-electron chi connectivity index (χ0n) is 11.0. The smallest absolute Gasteiger partial charge is 0.360 e. The molecule has 0 unspecified atom stereocenters. The van der Waals surface area contributed by atoms with Crippen LogP contribution < -0.4 is 5.32 Å². The van der Waals surface area contributed by atoms with Crippen molar-refractivity contribution in [1.29, 1.82) is 0 Å². The Morgan fingerprint density at radius 3 is 2.95 bits per heavy atom. The van der Waals surface area contributed by atoms with Crippen LogP contribution in [0.2, 0.25) is 0 Å². The SMILES string of the molecule is CCOC(=O)c1ncsc1NCc1c(C)noc1C. The largest absolute Gasteiger partial charge is 0.461 e. The third-order valence-electron chi connectivity index (χ3n) is 2.64. The Bertz CT molecular complexity index is 557. The zero-order chi connectivity index (χ0) is 13.8. The van der Waals surface area contributed by atoms with Crippen LogP contribution in [0.3, 0.4) is 0 Å². The van der Waals surface area contributed by atoms with Crippen LogP contribution in [0.4, 0.5) is 5.00 Å². The predicted molar refractivity (Wildman–Crippen MR) is 71.4 cm³/mol. The Labute approximate surface area is 114 Å². The minimum atomic E-state index is -0.412. The number of aromatic nitrogens is 2. The molecule has 0 bridgehead atoms. The molecule has 2 heterocycles. The third kappa shape index (κ3) is 2.93. The van der Waals surface area contributed by atoms with E-state index in [9.17, 15) is 4.79 Å². The third-order valence-corrected chi connectivity index (χ3v) is 3.43. The van der Waals surface area contributed by atoms with Gasteiger partial charge in [-0.15, -0.1) is 11.3 Å². The summed E-state index contributed by atoms with van der Waals surface area (Å²) < 4.78 is 10.0. The van der Waals surface area contributed by atoms with Crippen molar-refractivity contribution in [2.24, 2.45) is 0 Å². The van der Waals surface area contributed by atoms with Gasteiger partial charge in [0.1, 0.15) is 10.8 Å². The van der Waals surface area contributed by atoms with Gasteiger partial charge >= 0.3 is 5.97 Å². The fourth-order valence-corrected chi connectivity index (χ4v) is 2.31. The van der Waals surface area contributed by atoms with Crippen molar-refractivity contribution in [1.82, 2.24) is 10.1 Å². The highest BCUT2D eigenvalue weighted by Crippen LogP contribution is 2.23. The van der Waals surface area contributed by atoms with Gasteiger partial charge in [-0.3, -0.25) is 0 Å². The topological polar surface area (TPSA) is 77.2 Å². The van der Waals surface area contributed by atoms with Gasteiger partial charge in [0.05, 0.1) is 17.8 Å². The highest BCUT2D eigenvalue weighted by molar-refractivity contribution is 7.14. The summed E-state index contributed by atoms with van der Waals surface area (Å²) in [6.45, 7) is 6.37. The van der Waals surface area contributed by atoms with Crippen LogP contribution >= 0.6 is 11.3 Å². The number of ether oxygens (including phenoxy) is 1. The molecule has 2 aromatic heterocycles. The van der Waals surface area contributed by atoms with Crippen molar-refractivity contribution < 1.29 is 14.1 Å². The van der Waals surface area contributed by atoms with Crippen molar-refractivity contribution in [2.75, 3.05) is 11.9 Å². The first-order valence-corrected chi connectivity index (χ1v) is 6.77. The van der Waals surface area contributed by atoms with Crippen LogP contribution in [0.25, 0.3) is 0 Å². The zero-order valence-corrected chi connectivity index (χ0v) is 11.8. The number of aryl methyl sites for hydroxylation is 2. The van der Waals surface area contributed by atoms with Crippen LogP contribution in [-0.2, 0) is 11.3 Å². The van der Waals surface area contributed by atoms with E-state index < -0.39 is 5.97 Å². The van der Waals surface area contributed by atoms with Crippen molar-refractivity contribution in [3.05, 3.63) is 28.2 Å². The molecule has 0 saturated heterocycles. The minimum Gasteiger partial charge on any atom is -0.461 e. The van der Waals surface area contributed by atoms with Crippen molar-refractivity contribution in [3.63, 3.8) is 0 Å². The predicted octanol–water partition coefficient (Wildman–Crippen LogP) is 2.54. The van der Waals surface area contributed by atoms with Gasteiger partial charge in [-0.1, -0.05) is 5.16 Å². The molecule has 0 aliphatic rings. The molecule has 2 aromatic rings. The van der Waals surface area contributed by atoms with Crippen LogP contribution in [0.1, 0.15) is 34.4 Å². The summed E-state index contributed by atoms with van der Waals surface area (Å²) in [7, 11) is 0. The van der Waals surface area contributed by atoms with Gasteiger partial charge in [0.15, 0.2) is 5.69 Å². The average molecular weight is 281 g/mol. The second kappa shape index (κ2) is 5.83. The molecule has 0 amide bonds. The number of anilines is 1. The highest BCUT2D eigenvalue weighted by Gasteiger charge is 2.17. The molecule has 0 aromatic carbocycles. The van der Waals surface area contributed by atoms with Crippen molar-refractivity contribution >= 4 is 22.3 Å². The summed E-state index contributed by atoms with van der Waals surface area (Å²) in [6, 6.07) is 0. The Morgan fingerprint density at radius 1 is 1.53 bits per heavy atom. The van der Waals surface area contributed by atoms with Crippen LogP contribution in [0, 0.1) is 13.8 Å². The standard InChI is InChI=1S/C12H15N3O3S/c1-4-17-12(16)10-11(19-6-14-10)13-5-9-7(2)15-18-8(9)3/h6,13H,4-5H2,1-3H3. The van der Waals surface area contributed by atoms with Crippen molar-refractivity contribution in [2.45, 2.75) is 27.3 Å². The Hall–Kier alpha value is -1.89. The lowest BCUT2D eigenvalue weighted by molar-refractivity contribution is 0.0521. The maximum absolute atomic E-state index is 11.7. The lowest BCUT2D eigenvalue weighted by Crippen LogP contribution is -2.09. The fourth-order valence-electron chi connectivity index (χ4n) is 1.64. The number of thiazole rings is 1. The van der Waals surface area contributed by atoms with E-state index in [0.717, 1.165) is 17.0 Å². The molecule has 0 aliphatic heterocycles. The van der Waals surface area contributed by atoms with E-state index in [0.29, 0.717) is 23.8 Å². The Morgan fingerprint density at radius 2 is 2.32 bits per heavy atom. The molecule has 0 spiro atoms. The van der Waals surface area contributed by atoms with Gasteiger partial charge in [0.25, 0.3) is 0 Å². The number of esters is 1. The number of carbonyl (C=O) groups excluding carboxylic acids is 1. The van der Waals surface area contributed by atoms with Gasteiger partial charge < -0.3 is 14.6 Å². The number of nitrogens with one attached hydrogen (secondary N) is 1. The molecule has 19 heavy (non-hydrogen) atoms. The van der Waals surface area contributed by atoms with E-state index in [1.165, 1.54) is 11.3 Å². The lowest BCUT2D eigenvalue weighted by atomic mass is 10.2. The number of nitrogens with zero attached hydrogens (tertiary/aromatic N) is 2. The molecule has 1 N–H and O–H groups in total. The molecule has 0 aliphatic carbocycles. The maximum atomic E-state index is 11.7. The average Bonchev–Trinajstić information content (AvgIpc) is 2.96. The summed E-state index contributed by atoms with van der Waals surface area (Å²) in [4.78, 5) is 15.7. The van der Waals surface area contributed by atoms with Crippen LogP contribution in [-0.4, -0.2) is 22.7 Å². The normalized spacial score (nSPS) is 10.5. The van der Waals surface area contributed by atoms with Gasteiger partial charge in [-0.25, -0.2) is 9.78 Å². The van der Waals surface area contributed by atoms with Gasteiger partial charge in [0.2, 0.25) is 0 Å². The monoisotopic (exact) mass is 281 g/mol. The van der Waals surface area contributed by atoms with E-state index in [4.69, 9.17) is 9.26 Å². The molecule has 0 saturated carbocycles. The Kier molecular flexibility index (Phi) is 4.16. The second-order valence-electron chi connectivity index (χ2n) is 3.91. The van der Waals surface area contributed by atoms with E-state index in [1.54, 1.807) is 12.4 Å². The number of hydrogen-bond acceptors (Lipinski definition) is 7. The first-order valence-electron chi connectivity index (χ1n) is 5.89. The Balaban J connectivity index is 2.08. The lowest BCUT2D eigenvalue weighted by Gasteiger charge is -2.05. The number of rotatable bonds is 5. The van der Waals surface area contributed by atoms with E-state index in [2.05, 4.69) is 15.5 Å². The first kappa shape index (κ1) is 13.5. The molecule has 0 fully saturated rings. The molecule has 6 nitrogen and oxygen atoms in total. The molecule has 0 atom stereocenters.